The molecule has 1 aromatic heterocycles. The molecule has 1 atom stereocenters. The van der Waals surface area contributed by atoms with Crippen LogP contribution in [0.25, 0.3) is 0 Å². The molecule has 28 heavy (non-hydrogen) atoms. The van der Waals surface area contributed by atoms with E-state index >= 15 is 0 Å². The van der Waals surface area contributed by atoms with Gasteiger partial charge in [-0.25, -0.2) is 9.37 Å². The van der Waals surface area contributed by atoms with Gasteiger partial charge in [-0.15, -0.1) is 11.3 Å². The maximum Gasteiger partial charge on any atom is 0.255 e. The molecule has 7 heteroatoms. The van der Waals surface area contributed by atoms with Crippen molar-refractivity contribution in [2.45, 2.75) is 25.9 Å². The average Bonchev–Trinajstić information content (AvgIpc) is 3.24. The quantitative estimate of drug-likeness (QED) is 0.700. The molecule has 3 aromatic rings. The number of carbonyl (C=O) groups is 2. The Balaban J connectivity index is 1.60. The lowest BCUT2D eigenvalue weighted by molar-refractivity contribution is -0.117. The molecule has 0 unspecified atom stereocenters. The van der Waals surface area contributed by atoms with Gasteiger partial charge in [0.2, 0.25) is 5.91 Å². The lowest BCUT2D eigenvalue weighted by Gasteiger charge is -2.28. The van der Waals surface area contributed by atoms with Crippen LogP contribution in [0, 0.1) is 12.7 Å². The Morgan fingerprint density at radius 3 is 2.68 bits per heavy atom. The Morgan fingerprint density at radius 2 is 2.00 bits per heavy atom. The van der Waals surface area contributed by atoms with Crippen molar-refractivity contribution in [3.8, 4) is 0 Å². The third-order valence-electron chi connectivity index (χ3n) is 4.72. The van der Waals surface area contributed by atoms with Crippen LogP contribution in [0.2, 0.25) is 0 Å². The van der Waals surface area contributed by atoms with Gasteiger partial charge in [0.25, 0.3) is 5.91 Å². The van der Waals surface area contributed by atoms with Crippen molar-refractivity contribution in [3.05, 3.63) is 82.1 Å². The molecule has 0 bridgehead atoms. The SMILES string of the molecule is Cc1csc(NC(=O)C[C@@H](c2ccc(F)cc2)N2Cc3ccccc3C2=O)n1. The van der Waals surface area contributed by atoms with Crippen molar-refractivity contribution >= 4 is 28.3 Å². The Hall–Kier alpha value is -3.06. The van der Waals surface area contributed by atoms with E-state index in [1.165, 1.54) is 23.5 Å². The maximum atomic E-state index is 13.4. The Labute approximate surface area is 165 Å². The zero-order chi connectivity index (χ0) is 19.7. The fourth-order valence-corrected chi connectivity index (χ4v) is 4.08. The third kappa shape index (κ3) is 3.66. The molecule has 0 saturated carbocycles. The number of rotatable bonds is 5. The van der Waals surface area contributed by atoms with Crippen molar-refractivity contribution in [3.63, 3.8) is 0 Å². The van der Waals surface area contributed by atoms with Crippen LogP contribution in [0.3, 0.4) is 0 Å². The highest BCUT2D eigenvalue weighted by Crippen LogP contribution is 2.34. The van der Waals surface area contributed by atoms with Crippen LogP contribution in [0.15, 0.2) is 53.9 Å². The van der Waals surface area contributed by atoms with E-state index in [1.54, 1.807) is 23.1 Å². The zero-order valence-corrected chi connectivity index (χ0v) is 16.0. The predicted molar refractivity (Wildman–Crippen MR) is 106 cm³/mol. The van der Waals surface area contributed by atoms with Crippen LogP contribution in [0.5, 0.6) is 0 Å². The molecule has 1 aliphatic heterocycles. The van der Waals surface area contributed by atoms with Crippen LogP contribution in [0.1, 0.15) is 39.6 Å². The summed E-state index contributed by atoms with van der Waals surface area (Å²) in [5.74, 6) is -0.725. The second-order valence-corrected chi connectivity index (χ2v) is 7.56. The number of benzene rings is 2. The molecule has 0 aliphatic carbocycles. The molecule has 0 fully saturated rings. The average molecular weight is 395 g/mol. The highest BCUT2D eigenvalue weighted by atomic mass is 32.1. The minimum atomic E-state index is -0.499. The zero-order valence-electron chi connectivity index (χ0n) is 15.2. The second-order valence-electron chi connectivity index (χ2n) is 6.70. The molecule has 142 valence electrons. The van der Waals surface area contributed by atoms with E-state index in [9.17, 15) is 14.0 Å². The van der Waals surface area contributed by atoms with E-state index in [1.807, 2.05) is 30.5 Å². The highest BCUT2D eigenvalue weighted by molar-refractivity contribution is 7.13. The van der Waals surface area contributed by atoms with Crippen LogP contribution in [-0.4, -0.2) is 21.7 Å². The molecule has 2 aromatic carbocycles. The summed E-state index contributed by atoms with van der Waals surface area (Å²) in [5, 5.41) is 5.17. The topological polar surface area (TPSA) is 62.3 Å². The predicted octanol–water partition coefficient (Wildman–Crippen LogP) is 4.32. The highest BCUT2D eigenvalue weighted by Gasteiger charge is 2.34. The minimum Gasteiger partial charge on any atom is -0.327 e. The Bertz CT molecular complexity index is 1030. The smallest absolute Gasteiger partial charge is 0.255 e. The normalized spacial score (nSPS) is 14.1. The van der Waals surface area contributed by atoms with E-state index in [-0.39, 0.29) is 24.1 Å². The number of hydrogen-bond acceptors (Lipinski definition) is 4. The summed E-state index contributed by atoms with van der Waals surface area (Å²) in [6.07, 6.45) is 0.0595. The van der Waals surface area contributed by atoms with Crippen molar-refractivity contribution in [2.24, 2.45) is 0 Å². The van der Waals surface area contributed by atoms with E-state index in [0.717, 1.165) is 11.3 Å². The van der Waals surface area contributed by atoms with Crippen LogP contribution >= 0.6 is 11.3 Å². The molecule has 0 saturated heterocycles. The summed E-state index contributed by atoms with van der Waals surface area (Å²) in [5.41, 5.74) is 3.12. The number of fused-ring (bicyclic) bond motifs is 1. The van der Waals surface area contributed by atoms with Gasteiger partial charge in [0, 0.05) is 17.5 Å². The number of anilines is 1. The van der Waals surface area contributed by atoms with Crippen LogP contribution < -0.4 is 5.32 Å². The van der Waals surface area contributed by atoms with Crippen LogP contribution in [0.4, 0.5) is 9.52 Å². The second kappa shape index (κ2) is 7.52. The van der Waals surface area contributed by atoms with Crippen LogP contribution in [-0.2, 0) is 11.3 Å². The van der Waals surface area contributed by atoms with Gasteiger partial charge in [0.1, 0.15) is 5.82 Å². The molecular weight excluding hydrogens is 377 g/mol. The summed E-state index contributed by atoms with van der Waals surface area (Å²) >= 11 is 1.35. The van der Waals surface area contributed by atoms with Gasteiger partial charge >= 0.3 is 0 Å². The van der Waals surface area contributed by atoms with Crippen molar-refractivity contribution in [1.82, 2.24) is 9.88 Å². The van der Waals surface area contributed by atoms with Crippen molar-refractivity contribution in [1.29, 1.82) is 0 Å². The number of halogens is 1. The van der Waals surface area contributed by atoms with E-state index < -0.39 is 6.04 Å². The number of thiazole rings is 1. The molecule has 2 amide bonds. The standard InChI is InChI=1S/C21H18FN3O2S/c1-13-12-28-21(23-13)24-19(26)10-18(14-6-8-16(22)9-7-14)25-11-15-4-2-3-5-17(15)20(25)27/h2-9,12,18H,10-11H2,1H3,(H,23,24,26)/t18-/m0/s1. The van der Waals surface area contributed by atoms with Gasteiger partial charge in [-0.1, -0.05) is 30.3 Å². The summed E-state index contributed by atoms with van der Waals surface area (Å²) in [6.45, 7) is 2.27. The molecule has 5 nitrogen and oxygen atoms in total. The Kier molecular flexibility index (Phi) is 4.92. The molecule has 4 rings (SSSR count). The lowest BCUT2D eigenvalue weighted by atomic mass is 10.0. The Morgan fingerprint density at radius 1 is 1.25 bits per heavy atom. The van der Waals surface area contributed by atoms with Crippen molar-refractivity contribution < 1.29 is 14.0 Å². The molecular formula is C21H18FN3O2S. The minimum absolute atomic E-state index is 0.0595. The first-order valence-corrected chi connectivity index (χ1v) is 9.75. The lowest BCUT2D eigenvalue weighted by Crippen LogP contribution is -2.32. The first-order valence-electron chi connectivity index (χ1n) is 8.87. The van der Waals surface area contributed by atoms with E-state index in [0.29, 0.717) is 22.8 Å². The molecule has 1 N–H and O–H groups in total. The van der Waals surface area contributed by atoms with Crippen molar-refractivity contribution in [2.75, 3.05) is 5.32 Å². The monoisotopic (exact) mass is 395 g/mol. The number of carbonyl (C=O) groups excluding carboxylic acids is 2. The van der Waals surface area contributed by atoms with Gasteiger partial charge in [-0.05, 0) is 36.2 Å². The number of aromatic nitrogens is 1. The van der Waals surface area contributed by atoms with E-state index in [4.69, 9.17) is 0 Å². The first kappa shape index (κ1) is 18.3. The third-order valence-corrected chi connectivity index (χ3v) is 5.60. The van der Waals surface area contributed by atoms with Gasteiger partial charge in [-0.3, -0.25) is 9.59 Å². The summed E-state index contributed by atoms with van der Waals surface area (Å²) in [4.78, 5) is 31.5. The number of nitrogens with zero attached hydrogens (tertiary/aromatic N) is 2. The molecule has 1 aliphatic rings. The summed E-state index contributed by atoms with van der Waals surface area (Å²) < 4.78 is 13.4. The summed E-state index contributed by atoms with van der Waals surface area (Å²) in [6, 6.07) is 12.8. The van der Waals surface area contributed by atoms with Gasteiger partial charge in [0.05, 0.1) is 18.2 Å². The molecule has 0 spiro atoms. The first-order chi connectivity index (χ1) is 13.5. The molecule has 0 radical (unpaired) electrons. The number of aryl methyl sites for hydroxylation is 1. The fourth-order valence-electron chi connectivity index (χ4n) is 3.38. The largest absolute Gasteiger partial charge is 0.327 e. The number of amides is 2. The summed E-state index contributed by atoms with van der Waals surface area (Å²) in [7, 11) is 0. The maximum absolute atomic E-state index is 13.4. The number of hydrogen-bond donors (Lipinski definition) is 1. The van der Waals surface area contributed by atoms with Gasteiger partial charge in [0.15, 0.2) is 5.13 Å². The number of nitrogens with one attached hydrogen (secondary N) is 1. The van der Waals surface area contributed by atoms with Gasteiger partial charge in [-0.2, -0.15) is 0 Å². The van der Waals surface area contributed by atoms with Gasteiger partial charge < -0.3 is 10.2 Å². The van der Waals surface area contributed by atoms with E-state index in [2.05, 4.69) is 10.3 Å². The fraction of sp³-hybridized carbons (Fsp3) is 0.190. The molecule has 2 heterocycles.